The monoisotopic (exact) mass is 501 g/mol. The fourth-order valence-corrected chi connectivity index (χ4v) is 7.72. The van der Waals surface area contributed by atoms with Crippen molar-refractivity contribution in [3.8, 4) is 0 Å². The zero-order valence-electron chi connectivity index (χ0n) is 21.3. The highest BCUT2D eigenvalue weighted by atomic mass is 16.4. The first kappa shape index (κ1) is 23.9. The number of benzene rings is 2. The van der Waals surface area contributed by atoms with E-state index in [-0.39, 0.29) is 18.5 Å². The molecule has 1 unspecified atom stereocenters. The molecule has 37 heavy (non-hydrogen) atoms. The summed E-state index contributed by atoms with van der Waals surface area (Å²) in [5.74, 6) is 1.77. The van der Waals surface area contributed by atoms with Crippen molar-refractivity contribution < 1.29 is 14.7 Å². The Bertz CT molecular complexity index is 1260. The van der Waals surface area contributed by atoms with Crippen LogP contribution in [0.1, 0.15) is 44.6 Å². The van der Waals surface area contributed by atoms with Crippen LogP contribution in [-0.2, 0) is 17.8 Å². The van der Waals surface area contributed by atoms with Gasteiger partial charge in [0.15, 0.2) is 0 Å². The van der Waals surface area contributed by atoms with Crippen molar-refractivity contribution in [3.63, 3.8) is 0 Å². The number of nitrogens with one attached hydrogen (secondary N) is 1. The van der Waals surface area contributed by atoms with E-state index >= 15 is 0 Å². The maximum absolute atomic E-state index is 14.0. The van der Waals surface area contributed by atoms with Gasteiger partial charge in [0.05, 0.1) is 12.1 Å². The second-order valence-electron chi connectivity index (χ2n) is 11.6. The van der Waals surface area contributed by atoms with Crippen LogP contribution in [0.3, 0.4) is 0 Å². The minimum absolute atomic E-state index is 0.111. The van der Waals surface area contributed by atoms with Crippen LogP contribution in [0.5, 0.6) is 0 Å². The highest BCUT2D eigenvalue weighted by Crippen LogP contribution is 2.56. The second-order valence-corrected chi connectivity index (χ2v) is 11.6. The Hall–Kier alpha value is -3.42. The van der Waals surface area contributed by atoms with Crippen molar-refractivity contribution >= 4 is 23.0 Å². The molecule has 1 atom stereocenters. The molecule has 1 aromatic heterocycles. The predicted molar refractivity (Wildman–Crippen MR) is 140 cm³/mol. The predicted octanol–water partition coefficient (Wildman–Crippen LogP) is 4.35. The highest BCUT2D eigenvalue weighted by molar-refractivity contribution is 5.89. The molecule has 0 spiro atoms. The van der Waals surface area contributed by atoms with Gasteiger partial charge in [-0.2, -0.15) is 0 Å². The summed E-state index contributed by atoms with van der Waals surface area (Å²) in [7, 11) is 0. The normalized spacial score (nSPS) is 27.6. The molecule has 4 aliphatic rings. The number of carboxylic acid groups (broad SMARTS) is 1. The molecular formula is C29H35N5O3. The van der Waals surface area contributed by atoms with Crippen molar-refractivity contribution in [1.82, 2.24) is 25.2 Å². The third kappa shape index (κ3) is 4.36. The lowest BCUT2D eigenvalue weighted by atomic mass is 9.53. The number of aromatic nitrogens is 3. The van der Waals surface area contributed by atoms with E-state index in [1.165, 1.54) is 11.3 Å². The maximum Gasteiger partial charge on any atom is 0.408 e. The molecule has 2 aromatic carbocycles. The molecule has 8 nitrogen and oxygen atoms in total. The second kappa shape index (κ2) is 9.47. The van der Waals surface area contributed by atoms with Gasteiger partial charge in [0.2, 0.25) is 5.91 Å². The van der Waals surface area contributed by atoms with Crippen LogP contribution in [0.2, 0.25) is 0 Å². The van der Waals surface area contributed by atoms with Crippen LogP contribution < -0.4 is 5.32 Å². The third-order valence-corrected chi connectivity index (χ3v) is 9.12. The van der Waals surface area contributed by atoms with Crippen LogP contribution in [0.15, 0.2) is 54.6 Å². The van der Waals surface area contributed by atoms with E-state index in [0.717, 1.165) is 42.3 Å². The van der Waals surface area contributed by atoms with Crippen LogP contribution in [0.4, 0.5) is 4.79 Å². The van der Waals surface area contributed by atoms with Gasteiger partial charge in [-0.3, -0.25) is 9.69 Å². The third-order valence-electron chi connectivity index (χ3n) is 9.12. The molecule has 2 amide bonds. The topological polar surface area (TPSA) is 100 Å². The Morgan fingerprint density at radius 3 is 2.32 bits per heavy atom. The zero-order valence-corrected chi connectivity index (χ0v) is 21.3. The molecule has 4 aliphatic carbocycles. The Balaban J connectivity index is 1.33. The van der Waals surface area contributed by atoms with Gasteiger partial charge in [-0.05, 0) is 86.8 Å². The first-order chi connectivity index (χ1) is 17.9. The Morgan fingerprint density at radius 1 is 1.00 bits per heavy atom. The Labute approximate surface area is 217 Å². The molecule has 1 heterocycles. The molecule has 2 N–H and O–H groups in total. The molecule has 0 saturated heterocycles. The summed E-state index contributed by atoms with van der Waals surface area (Å²) in [6.45, 7) is 2.33. The number of fused-ring (bicyclic) bond motifs is 1. The number of hydrogen-bond acceptors (Lipinski definition) is 4. The number of carbonyl (C=O) groups excluding carboxylic acids is 1. The van der Waals surface area contributed by atoms with E-state index in [9.17, 15) is 14.7 Å². The van der Waals surface area contributed by atoms with Crippen molar-refractivity contribution in [2.45, 2.75) is 63.6 Å². The molecular weight excluding hydrogens is 466 g/mol. The van der Waals surface area contributed by atoms with E-state index in [1.54, 1.807) is 11.6 Å². The van der Waals surface area contributed by atoms with Gasteiger partial charge in [0, 0.05) is 12.6 Å². The van der Waals surface area contributed by atoms with Gasteiger partial charge < -0.3 is 10.4 Å². The van der Waals surface area contributed by atoms with E-state index in [4.69, 9.17) is 0 Å². The standard InChI is InChI=1S/C29H35N5O3/c1-29(18-33-25-10-6-5-9-24(25)31-32-33,27(35)30-12-11-19-7-3-2-4-8-19)34(28(36)37)26-22-14-20-13-21(16-22)17-23(26)15-20/h2-10,20-23,26H,11-18H2,1H3,(H,30,35)(H,36,37). The fraction of sp³-hybridized carbons (Fsp3) is 0.517. The van der Waals surface area contributed by atoms with Crippen LogP contribution >= 0.6 is 0 Å². The minimum atomic E-state index is -1.33. The van der Waals surface area contributed by atoms with Crippen LogP contribution in [0, 0.1) is 23.7 Å². The van der Waals surface area contributed by atoms with E-state index in [2.05, 4.69) is 15.6 Å². The van der Waals surface area contributed by atoms with E-state index < -0.39 is 11.6 Å². The summed E-state index contributed by atoms with van der Waals surface area (Å²) >= 11 is 0. The average Bonchev–Trinajstić information content (AvgIpc) is 3.28. The number of rotatable bonds is 8. The number of nitrogens with zero attached hydrogens (tertiary/aromatic N) is 4. The molecule has 194 valence electrons. The van der Waals surface area contributed by atoms with E-state index in [0.29, 0.717) is 36.6 Å². The lowest BCUT2D eigenvalue weighted by Crippen LogP contribution is -2.69. The van der Waals surface area contributed by atoms with Gasteiger partial charge >= 0.3 is 6.09 Å². The Morgan fingerprint density at radius 2 is 1.65 bits per heavy atom. The van der Waals surface area contributed by atoms with Crippen LogP contribution in [-0.4, -0.2) is 55.1 Å². The van der Waals surface area contributed by atoms with Gasteiger partial charge in [-0.1, -0.05) is 47.7 Å². The van der Waals surface area contributed by atoms with Crippen molar-refractivity contribution in [2.75, 3.05) is 6.54 Å². The smallest absolute Gasteiger partial charge is 0.408 e. The largest absolute Gasteiger partial charge is 0.465 e. The van der Waals surface area contributed by atoms with Gasteiger partial charge in [-0.15, -0.1) is 5.10 Å². The van der Waals surface area contributed by atoms with Crippen molar-refractivity contribution in [2.24, 2.45) is 23.7 Å². The number of hydrogen-bond donors (Lipinski definition) is 2. The fourth-order valence-electron chi connectivity index (χ4n) is 7.72. The summed E-state index contributed by atoms with van der Waals surface area (Å²) < 4.78 is 1.69. The summed E-state index contributed by atoms with van der Waals surface area (Å²) in [4.78, 5) is 28.6. The Kier molecular flexibility index (Phi) is 6.13. The first-order valence-corrected chi connectivity index (χ1v) is 13.5. The van der Waals surface area contributed by atoms with Gasteiger partial charge in [-0.25, -0.2) is 9.48 Å². The lowest BCUT2D eigenvalue weighted by molar-refractivity contribution is -0.142. The summed E-state index contributed by atoms with van der Waals surface area (Å²) in [6, 6.07) is 17.4. The molecule has 0 aliphatic heterocycles. The minimum Gasteiger partial charge on any atom is -0.465 e. The van der Waals surface area contributed by atoms with Crippen LogP contribution in [0.25, 0.3) is 11.0 Å². The number of para-hydroxylation sites is 1. The number of carbonyl (C=O) groups is 2. The van der Waals surface area contributed by atoms with Gasteiger partial charge in [0.25, 0.3) is 0 Å². The molecule has 4 fully saturated rings. The molecule has 4 bridgehead atoms. The maximum atomic E-state index is 14.0. The SMILES string of the molecule is CC(Cn1nnc2ccccc21)(C(=O)NCCc1ccccc1)N(C(=O)O)C1C2CC3CC(C2)CC1C3. The van der Waals surface area contributed by atoms with E-state index in [1.807, 2.05) is 54.6 Å². The lowest BCUT2D eigenvalue weighted by Gasteiger charge is -2.59. The zero-order chi connectivity index (χ0) is 25.6. The average molecular weight is 502 g/mol. The van der Waals surface area contributed by atoms with Gasteiger partial charge in [0.1, 0.15) is 11.1 Å². The summed E-state index contributed by atoms with van der Waals surface area (Å²) in [6.07, 6.45) is 5.22. The van der Waals surface area contributed by atoms with Crippen molar-refractivity contribution in [3.05, 3.63) is 60.2 Å². The molecule has 8 heteroatoms. The molecule has 0 radical (unpaired) electrons. The summed E-state index contributed by atoms with van der Waals surface area (Å²) in [5.41, 5.74) is 1.31. The molecule has 7 rings (SSSR count). The summed E-state index contributed by atoms with van der Waals surface area (Å²) in [5, 5.41) is 22.4. The number of amides is 2. The first-order valence-electron chi connectivity index (χ1n) is 13.5. The quantitative estimate of drug-likeness (QED) is 0.478. The molecule has 3 aromatic rings. The van der Waals surface area contributed by atoms with Crippen molar-refractivity contribution in [1.29, 1.82) is 0 Å². The highest BCUT2D eigenvalue weighted by Gasteiger charge is 2.56. The molecule has 4 saturated carbocycles.